The average molecular weight is 297 g/mol. The van der Waals surface area contributed by atoms with Crippen molar-refractivity contribution in [3.8, 4) is 0 Å². The van der Waals surface area contributed by atoms with Gasteiger partial charge >= 0.3 is 0 Å². The van der Waals surface area contributed by atoms with Crippen molar-refractivity contribution in [1.29, 1.82) is 0 Å². The summed E-state index contributed by atoms with van der Waals surface area (Å²) in [7, 11) is -2.25. The van der Waals surface area contributed by atoms with Gasteiger partial charge in [-0.15, -0.1) is 0 Å². The molecule has 1 aliphatic rings. The zero-order valence-electron chi connectivity index (χ0n) is 11.5. The molecule has 1 fully saturated rings. The quantitative estimate of drug-likeness (QED) is 0.756. The molecule has 1 heterocycles. The number of nitrogens with one attached hydrogen (secondary N) is 3. The molecule has 20 heavy (non-hydrogen) atoms. The van der Waals surface area contributed by atoms with Gasteiger partial charge in [0.2, 0.25) is 15.9 Å². The van der Waals surface area contributed by atoms with Crippen LogP contribution in [-0.2, 0) is 14.8 Å². The summed E-state index contributed by atoms with van der Waals surface area (Å²) < 4.78 is 26.1. The lowest BCUT2D eigenvalue weighted by Gasteiger charge is -2.17. The van der Waals surface area contributed by atoms with Gasteiger partial charge in [0.05, 0.1) is 11.7 Å². The van der Waals surface area contributed by atoms with Crippen LogP contribution in [0, 0.1) is 5.92 Å². The fourth-order valence-electron chi connectivity index (χ4n) is 2.31. The van der Waals surface area contributed by atoms with Gasteiger partial charge in [-0.3, -0.25) is 4.79 Å². The van der Waals surface area contributed by atoms with Crippen LogP contribution in [0.1, 0.15) is 13.3 Å². The van der Waals surface area contributed by atoms with E-state index in [-0.39, 0.29) is 22.8 Å². The standard InChI is InChI=1S/C13H19N3O3S/c1-9-7-8-15-12(9)13(17)16-10-5-3-4-6-11(10)20(18,19)14-2/h3-6,9,12,14-15H,7-8H2,1-2H3,(H,16,17). The van der Waals surface area contributed by atoms with Crippen molar-refractivity contribution >= 4 is 21.6 Å². The van der Waals surface area contributed by atoms with E-state index < -0.39 is 10.0 Å². The Morgan fingerprint density at radius 2 is 2.05 bits per heavy atom. The summed E-state index contributed by atoms with van der Waals surface area (Å²) in [5.74, 6) is 0.0387. The first-order valence-corrected chi connectivity index (χ1v) is 8.01. The highest BCUT2D eigenvalue weighted by Gasteiger charge is 2.30. The van der Waals surface area contributed by atoms with Crippen molar-refractivity contribution in [2.24, 2.45) is 5.92 Å². The molecule has 110 valence electrons. The second kappa shape index (κ2) is 5.90. The fraction of sp³-hybridized carbons (Fsp3) is 0.462. The second-order valence-electron chi connectivity index (χ2n) is 4.89. The predicted molar refractivity (Wildman–Crippen MR) is 76.9 cm³/mol. The summed E-state index contributed by atoms with van der Waals surface area (Å²) in [6, 6.07) is 6.08. The molecule has 0 saturated carbocycles. The van der Waals surface area contributed by atoms with Gasteiger partial charge in [0, 0.05) is 0 Å². The molecule has 0 radical (unpaired) electrons. The first kappa shape index (κ1) is 15.0. The average Bonchev–Trinajstić information content (AvgIpc) is 2.85. The molecule has 3 N–H and O–H groups in total. The second-order valence-corrected chi connectivity index (χ2v) is 6.75. The van der Waals surface area contributed by atoms with Crippen molar-refractivity contribution in [2.75, 3.05) is 18.9 Å². The number of rotatable bonds is 4. The van der Waals surface area contributed by atoms with Crippen molar-refractivity contribution in [2.45, 2.75) is 24.3 Å². The number of amides is 1. The first-order valence-electron chi connectivity index (χ1n) is 6.52. The summed E-state index contributed by atoms with van der Waals surface area (Å²) in [4.78, 5) is 12.3. The minimum Gasteiger partial charge on any atom is -0.323 e. The van der Waals surface area contributed by atoms with Crippen LogP contribution in [0.25, 0.3) is 0 Å². The molecule has 1 aromatic carbocycles. The van der Waals surface area contributed by atoms with Gasteiger partial charge in [-0.1, -0.05) is 19.1 Å². The molecule has 0 aliphatic carbocycles. The normalized spacial score (nSPS) is 22.7. The molecule has 2 atom stereocenters. The minimum atomic E-state index is -3.60. The Balaban J connectivity index is 2.24. The van der Waals surface area contributed by atoms with Crippen LogP contribution >= 0.6 is 0 Å². The Bertz CT molecular complexity index is 601. The van der Waals surface area contributed by atoms with Gasteiger partial charge in [0.15, 0.2) is 0 Å². The maximum atomic E-state index is 12.2. The Labute approximate surface area is 119 Å². The smallest absolute Gasteiger partial charge is 0.242 e. The number of hydrogen-bond donors (Lipinski definition) is 3. The molecule has 0 spiro atoms. The van der Waals surface area contributed by atoms with Crippen LogP contribution in [0.4, 0.5) is 5.69 Å². The number of hydrogen-bond acceptors (Lipinski definition) is 4. The molecular weight excluding hydrogens is 278 g/mol. The van der Waals surface area contributed by atoms with Crippen LogP contribution in [-0.4, -0.2) is 34.0 Å². The highest BCUT2D eigenvalue weighted by atomic mass is 32.2. The predicted octanol–water partition coefficient (Wildman–Crippen LogP) is 0.531. The van der Waals surface area contributed by atoms with E-state index in [1.54, 1.807) is 18.2 Å². The van der Waals surface area contributed by atoms with Gasteiger partial charge in [0.1, 0.15) is 4.90 Å². The Hall–Kier alpha value is -1.44. The summed E-state index contributed by atoms with van der Waals surface area (Å²) in [6.07, 6.45) is 0.939. The SMILES string of the molecule is CNS(=O)(=O)c1ccccc1NC(=O)C1NCCC1C. The van der Waals surface area contributed by atoms with E-state index in [1.165, 1.54) is 13.1 Å². The summed E-state index contributed by atoms with van der Waals surface area (Å²) in [5, 5.41) is 5.82. The topological polar surface area (TPSA) is 87.3 Å². The molecule has 6 nitrogen and oxygen atoms in total. The zero-order valence-corrected chi connectivity index (χ0v) is 12.3. The van der Waals surface area contributed by atoms with E-state index in [2.05, 4.69) is 15.4 Å². The highest BCUT2D eigenvalue weighted by Crippen LogP contribution is 2.22. The van der Waals surface area contributed by atoms with Gasteiger partial charge in [-0.25, -0.2) is 13.1 Å². The van der Waals surface area contributed by atoms with Crippen LogP contribution in [0.3, 0.4) is 0 Å². The fourth-order valence-corrected chi connectivity index (χ4v) is 3.20. The lowest BCUT2D eigenvalue weighted by atomic mass is 10.0. The zero-order chi connectivity index (χ0) is 14.8. The molecule has 1 saturated heterocycles. The van der Waals surface area contributed by atoms with Gasteiger partial charge in [-0.05, 0) is 38.1 Å². The lowest BCUT2D eigenvalue weighted by molar-refractivity contribution is -0.118. The Kier molecular flexibility index (Phi) is 4.42. The van der Waals surface area contributed by atoms with Crippen LogP contribution in [0.15, 0.2) is 29.2 Å². The molecule has 0 aromatic heterocycles. The van der Waals surface area contributed by atoms with Gasteiger partial charge < -0.3 is 10.6 Å². The molecular formula is C13H19N3O3S. The molecule has 7 heteroatoms. The lowest BCUT2D eigenvalue weighted by Crippen LogP contribution is -2.39. The van der Waals surface area contributed by atoms with E-state index in [9.17, 15) is 13.2 Å². The third-order valence-corrected chi connectivity index (χ3v) is 4.99. The van der Waals surface area contributed by atoms with E-state index in [0.717, 1.165) is 13.0 Å². The Morgan fingerprint density at radius 3 is 2.65 bits per heavy atom. The molecule has 2 rings (SSSR count). The maximum absolute atomic E-state index is 12.2. The Morgan fingerprint density at radius 1 is 1.35 bits per heavy atom. The summed E-state index contributed by atoms with van der Waals surface area (Å²) in [5.41, 5.74) is 0.299. The number of sulfonamides is 1. The van der Waals surface area contributed by atoms with Gasteiger partial charge in [0.25, 0.3) is 0 Å². The maximum Gasteiger partial charge on any atom is 0.242 e. The van der Waals surface area contributed by atoms with Crippen LogP contribution in [0.5, 0.6) is 0 Å². The van der Waals surface area contributed by atoms with Crippen molar-refractivity contribution in [3.05, 3.63) is 24.3 Å². The number of carbonyl (C=O) groups excluding carboxylic acids is 1. The van der Waals surface area contributed by atoms with E-state index in [4.69, 9.17) is 0 Å². The molecule has 0 bridgehead atoms. The summed E-state index contributed by atoms with van der Waals surface area (Å²) in [6.45, 7) is 2.80. The van der Waals surface area contributed by atoms with E-state index in [0.29, 0.717) is 5.69 Å². The van der Waals surface area contributed by atoms with Crippen LogP contribution in [0.2, 0.25) is 0 Å². The van der Waals surface area contributed by atoms with E-state index >= 15 is 0 Å². The van der Waals surface area contributed by atoms with Crippen molar-refractivity contribution in [1.82, 2.24) is 10.0 Å². The number of para-hydroxylation sites is 1. The monoisotopic (exact) mass is 297 g/mol. The van der Waals surface area contributed by atoms with Crippen molar-refractivity contribution < 1.29 is 13.2 Å². The number of benzene rings is 1. The van der Waals surface area contributed by atoms with E-state index in [1.807, 2.05) is 6.92 Å². The highest BCUT2D eigenvalue weighted by molar-refractivity contribution is 7.89. The number of anilines is 1. The van der Waals surface area contributed by atoms with Gasteiger partial charge in [-0.2, -0.15) is 0 Å². The molecule has 2 unspecified atom stereocenters. The first-order chi connectivity index (χ1) is 9.45. The largest absolute Gasteiger partial charge is 0.323 e. The third kappa shape index (κ3) is 3.00. The third-order valence-electron chi connectivity index (χ3n) is 3.52. The minimum absolute atomic E-state index is 0.0708. The summed E-state index contributed by atoms with van der Waals surface area (Å²) >= 11 is 0. The molecule has 1 amide bonds. The molecule has 1 aliphatic heterocycles. The van der Waals surface area contributed by atoms with Crippen LogP contribution < -0.4 is 15.4 Å². The number of carbonyl (C=O) groups is 1. The molecule has 1 aromatic rings. The van der Waals surface area contributed by atoms with Crippen molar-refractivity contribution in [3.63, 3.8) is 0 Å².